The van der Waals surface area contributed by atoms with Crippen LogP contribution in [-0.4, -0.2) is 0 Å². The molecule has 14 heavy (non-hydrogen) atoms. The van der Waals surface area contributed by atoms with E-state index in [2.05, 4.69) is 38.3 Å². The number of benzene rings is 1. The molecular weight excluding hydrogens is 168 g/mol. The summed E-state index contributed by atoms with van der Waals surface area (Å²) in [4.78, 5) is 0. The van der Waals surface area contributed by atoms with E-state index in [9.17, 15) is 0 Å². The molecule has 1 aromatic rings. The molecule has 0 saturated heterocycles. The Balaban J connectivity index is 3.01. The van der Waals surface area contributed by atoms with Gasteiger partial charge in [-0.2, -0.15) is 0 Å². The predicted molar refractivity (Wildman–Crippen MR) is 64.4 cm³/mol. The summed E-state index contributed by atoms with van der Waals surface area (Å²) < 4.78 is 0. The molecule has 0 spiro atoms. The van der Waals surface area contributed by atoms with Crippen LogP contribution in [0.1, 0.15) is 36.8 Å². The zero-order valence-electron chi connectivity index (χ0n) is 8.87. The van der Waals surface area contributed by atoms with Crippen molar-refractivity contribution in [2.75, 3.05) is 0 Å². The van der Waals surface area contributed by atoms with E-state index in [1.54, 1.807) is 0 Å². The second-order valence-electron chi connectivity index (χ2n) is 3.46. The lowest BCUT2D eigenvalue weighted by molar-refractivity contribution is 0.717. The Kier molecular flexibility index (Phi) is 4.18. The number of rotatable bonds is 5. The van der Waals surface area contributed by atoms with Crippen LogP contribution in [0.3, 0.4) is 0 Å². The summed E-state index contributed by atoms with van der Waals surface area (Å²) in [6.45, 7) is 9.93. The van der Waals surface area contributed by atoms with Gasteiger partial charge in [-0.05, 0) is 17.5 Å². The number of hydrogen-bond acceptors (Lipinski definition) is 0. The largest absolute Gasteiger partial charge is 0.102 e. The van der Waals surface area contributed by atoms with E-state index < -0.39 is 0 Å². The summed E-state index contributed by atoms with van der Waals surface area (Å²) in [5, 5.41) is 0. The first-order valence-corrected chi connectivity index (χ1v) is 5.17. The quantitative estimate of drug-likeness (QED) is 0.598. The van der Waals surface area contributed by atoms with Gasteiger partial charge in [0.2, 0.25) is 0 Å². The zero-order valence-corrected chi connectivity index (χ0v) is 8.87. The van der Waals surface area contributed by atoms with Gasteiger partial charge >= 0.3 is 0 Å². The maximum absolute atomic E-state index is 3.90. The average Bonchev–Trinajstić information content (AvgIpc) is 2.26. The molecule has 0 aliphatic carbocycles. The molecule has 0 aliphatic rings. The average molecular weight is 186 g/mol. The minimum atomic E-state index is 0.467. The minimum Gasteiger partial charge on any atom is -0.102 e. The Bertz CT molecular complexity index is 310. The molecular formula is C14H18. The van der Waals surface area contributed by atoms with Gasteiger partial charge in [0.05, 0.1) is 0 Å². The molecule has 0 aliphatic heterocycles. The molecule has 0 N–H and O–H groups in total. The maximum atomic E-state index is 3.90. The predicted octanol–water partition coefficient (Wildman–Crippen LogP) is 4.40. The topological polar surface area (TPSA) is 0 Å². The van der Waals surface area contributed by atoms with Crippen molar-refractivity contribution in [2.24, 2.45) is 0 Å². The van der Waals surface area contributed by atoms with Crippen molar-refractivity contribution in [2.45, 2.75) is 25.7 Å². The van der Waals surface area contributed by atoms with Gasteiger partial charge in [-0.1, -0.05) is 56.3 Å². The molecule has 1 unspecified atom stereocenters. The monoisotopic (exact) mass is 186 g/mol. The summed E-state index contributed by atoms with van der Waals surface area (Å²) in [6.07, 6.45) is 6.30. The zero-order chi connectivity index (χ0) is 10.4. The van der Waals surface area contributed by atoms with E-state index in [4.69, 9.17) is 0 Å². The molecule has 0 heteroatoms. The van der Waals surface area contributed by atoms with Crippen LogP contribution in [0.25, 0.3) is 6.08 Å². The molecule has 0 heterocycles. The highest BCUT2D eigenvalue weighted by atomic mass is 14.1. The van der Waals surface area contributed by atoms with Crippen LogP contribution in [-0.2, 0) is 0 Å². The third-order valence-electron chi connectivity index (χ3n) is 2.50. The highest BCUT2D eigenvalue weighted by Gasteiger charge is 2.08. The molecule has 0 nitrogen and oxygen atoms in total. The van der Waals surface area contributed by atoms with Crippen molar-refractivity contribution in [1.82, 2.24) is 0 Å². The standard InChI is InChI=1S/C14H18/c1-4-9-12(5-2)14-11-8-7-10-13(14)6-3/h5-8,10-12H,2-4,9H2,1H3. The van der Waals surface area contributed by atoms with Gasteiger partial charge < -0.3 is 0 Å². The van der Waals surface area contributed by atoms with Crippen LogP contribution in [0.15, 0.2) is 43.5 Å². The first-order chi connectivity index (χ1) is 6.83. The summed E-state index contributed by atoms with van der Waals surface area (Å²) in [7, 11) is 0. The van der Waals surface area contributed by atoms with Crippen LogP contribution >= 0.6 is 0 Å². The molecule has 0 aromatic heterocycles. The van der Waals surface area contributed by atoms with Gasteiger partial charge in [-0.3, -0.25) is 0 Å². The van der Waals surface area contributed by atoms with Gasteiger partial charge in [0.1, 0.15) is 0 Å². The van der Waals surface area contributed by atoms with E-state index >= 15 is 0 Å². The van der Waals surface area contributed by atoms with Crippen molar-refractivity contribution in [3.8, 4) is 0 Å². The molecule has 0 amide bonds. The Morgan fingerprint density at radius 1 is 1.29 bits per heavy atom. The second kappa shape index (κ2) is 5.43. The lowest BCUT2D eigenvalue weighted by Gasteiger charge is -2.14. The molecule has 74 valence electrons. The summed E-state index contributed by atoms with van der Waals surface area (Å²) in [5.41, 5.74) is 2.57. The van der Waals surface area contributed by atoms with E-state index in [0.29, 0.717) is 5.92 Å². The first kappa shape index (κ1) is 10.8. The van der Waals surface area contributed by atoms with Crippen molar-refractivity contribution in [3.63, 3.8) is 0 Å². The first-order valence-electron chi connectivity index (χ1n) is 5.17. The SMILES string of the molecule is C=Cc1ccccc1C(C=C)CCC. The Labute approximate surface area is 87.0 Å². The highest BCUT2D eigenvalue weighted by Crippen LogP contribution is 2.26. The third kappa shape index (κ3) is 2.35. The molecule has 0 radical (unpaired) electrons. The Hall–Kier alpha value is -1.30. The normalized spacial score (nSPS) is 12.1. The second-order valence-corrected chi connectivity index (χ2v) is 3.46. The van der Waals surface area contributed by atoms with Gasteiger partial charge in [-0.15, -0.1) is 6.58 Å². The van der Waals surface area contributed by atoms with E-state index in [0.717, 1.165) is 6.42 Å². The maximum Gasteiger partial charge on any atom is 0.00211 e. The van der Waals surface area contributed by atoms with Gasteiger partial charge in [-0.25, -0.2) is 0 Å². The minimum absolute atomic E-state index is 0.467. The molecule has 0 bridgehead atoms. The number of hydrogen-bond donors (Lipinski definition) is 0. The molecule has 0 fully saturated rings. The summed E-state index contributed by atoms with van der Waals surface area (Å²) in [6, 6.07) is 8.40. The smallest absolute Gasteiger partial charge is 0.00211 e. The van der Waals surface area contributed by atoms with Crippen LogP contribution < -0.4 is 0 Å². The lowest BCUT2D eigenvalue weighted by Crippen LogP contribution is -1.96. The Morgan fingerprint density at radius 3 is 2.57 bits per heavy atom. The number of allylic oxidation sites excluding steroid dienone is 1. The molecule has 1 atom stereocenters. The van der Waals surface area contributed by atoms with Crippen molar-refractivity contribution in [1.29, 1.82) is 0 Å². The van der Waals surface area contributed by atoms with Gasteiger partial charge in [0.25, 0.3) is 0 Å². The fourth-order valence-corrected chi connectivity index (χ4v) is 1.75. The summed E-state index contributed by atoms with van der Waals surface area (Å²) >= 11 is 0. The Morgan fingerprint density at radius 2 is 2.00 bits per heavy atom. The molecule has 1 aromatic carbocycles. The van der Waals surface area contributed by atoms with E-state index in [1.807, 2.05) is 18.2 Å². The highest BCUT2D eigenvalue weighted by molar-refractivity contribution is 5.53. The van der Waals surface area contributed by atoms with Gasteiger partial charge in [0.15, 0.2) is 0 Å². The van der Waals surface area contributed by atoms with E-state index in [1.165, 1.54) is 17.5 Å². The molecule has 1 rings (SSSR count). The van der Waals surface area contributed by atoms with Crippen LogP contribution in [0.5, 0.6) is 0 Å². The van der Waals surface area contributed by atoms with Crippen LogP contribution in [0, 0.1) is 0 Å². The van der Waals surface area contributed by atoms with Crippen molar-refractivity contribution >= 4 is 6.08 Å². The lowest BCUT2D eigenvalue weighted by atomic mass is 9.91. The summed E-state index contributed by atoms with van der Waals surface area (Å²) in [5.74, 6) is 0.467. The fourth-order valence-electron chi connectivity index (χ4n) is 1.75. The van der Waals surface area contributed by atoms with E-state index in [-0.39, 0.29) is 0 Å². The van der Waals surface area contributed by atoms with Crippen molar-refractivity contribution in [3.05, 3.63) is 54.6 Å². The van der Waals surface area contributed by atoms with Crippen LogP contribution in [0.2, 0.25) is 0 Å². The molecule has 0 saturated carbocycles. The van der Waals surface area contributed by atoms with Crippen molar-refractivity contribution < 1.29 is 0 Å². The third-order valence-corrected chi connectivity index (χ3v) is 2.50. The van der Waals surface area contributed by atoms with Crippen LogP contribution in [0.4, 0.5) is 0 Å². The van der Waals surface area contributed by atoms with Gasteiger partial charge in [0, 0.05) is 5.92 Å². The fraction of sp³-hybridized carbons (Fsp3) is 0.286.